The number of carbonyl (C=O) groups is 2. The van der Waals surface area contributed by atoms with Gasteiger partial charge in [-0.3, -0.25) is 4.79 Å². The molecule has 0 aromatic carbocycles. The topological polar surface area (TPSA) is 74.3 Å². The van der Waals surface area contributed by atoms with E-state index < -0.39 is 18.3 Å². The summed E-state index contributed by atoms with van der Waals surface area (Å²) in [6, 6.07) is 0. The van der Waals surface area contributed by atoms with Crippen LogP contribution in [0.5, 0.6) is 0 Å². The molecule has 7 heteroatoms. The predicted molar refractivity (Wildman–Crippen MR) is 112 cm³/mol. The van der Waals surface area contributed by atoms with Crippen LogP contribution in [0.4, 0.5) is 4.79 Å². The van der Waals surface area contributed by atoms with Gasteiger partial charge in [0, 0.05) is 13.0 Å². The fraction of sp³-hybridized carbons (Fsp3) is 0.913. The number of ether oxygens (including phenoxy) is 4. The second-order valence-corrected chi connectivity index (χ2v) is 9.82. The molecule has 0 bridgehead atoms. The summed E-state index contributed by atoms with van der Waals surface area (Å²) < 4.78 is 24.2. The molecule has 0 radical (unpaired) electrons. The van der Waals surface area contributed by atoms with Gasteiger partial charge in [-0.2, -0.15) is 0 Å². The summed E-state index contributed by atoms with van der Waals surface area (Å²) >= 11 is 0. The maximum Gasteiger partial charge on any atom is 0.417 e. The van der Waals surface area contributed by atoms with E-state index in [4.69, 9.17) is 18.9 Å². The van der Waals surface area contributed by atoms with Crippen molar-refractivity contribution in [3.05, 3.63) is 0 Å². The number of hydrogen-bond acceptors (Lipinski definition) is 6. The van der Waals surface area contributed by atoms with Crippen molar-refractivity contribution in [1.29, 1.82) is 0 Å². The molecule has 11 atom stereocenters. The first-order valence-corrected chi connectivity index (χ1v) is 11.5. The van der Waals surface area contributed by atoms with Gasteiger partial charge in [0.1, 0.15) is 6.10 Å². The standard InChI is InChI=1S/C23H39NO6/c1-9-11(2)18-15(6)16(7)22(29-18)27-10-17-13(4)12(3)14(5)19(28-17)20-21(25)24(8)23(26)30-20/h11-20,22H,9-10H2,1-8H3. The molecule has 0 spiro atoms. The molecule has 3 aliphatic rings. The van der Waals surface area contributed by atoms with E-state index in [-0.39, 0.29) is 36.2 Å². The lowest BCUT2D eigenvalue weighted by Gasteiger charge is -2.44. The monoisotopic (exact) mass is 425 g/mol. The van der Waals surface area contributed by atoms with Gasteiger partial charge >= 0.3 is 6.09 Å². The molecule has 0 saturated carbocycles. The highest BCUT2D eigenvalue weighted by molar-refractivity contribution is 6.00. The predicted octanol–water partition coefficient (Wildman–Crippen LogP) is 3.70. The van der Waals surface area contributed by atoms with Crippen molar-refractivity contribution in [2.45, 2.75) is 85.6 Å². The van der Waals surface area contributed by atoms with Crippen molar-refractivity contribution in [2.75, 3.05) is 13.7 Å². The number of rotatable bonds is 6. The molecule has 0 aliphatic carbocycles. The first-order chi connectivity index (χ1) is 14.1. The Labute approximate surface area is 180 Å². The van der Waals surface area contributed by atoms with Crippen molar-refractivity contribution in [3.8, 4) is 0 Å². The number of amides is 2. The van der Waals surface area contributed by atoms with Crippen LogP contribution in [0.3, 0.4) is 0 Å². The first kappa shape index (κ1) is 23.5. The molecule has 11 unspecified atom stereocenters. The Morgan fingerprint density at radius 1 is 0.967 bits per heavy atom. The highest BCUT2D eigenvalue weighted by atomic mass is 16.7. The molecule has 0 aromatic heterocycles. The molecule has 2 amide bonds. The van der Waals surface area contributed by atoms with E-state index >= 15 is 0 Å². The first-order valence-electron chi connectivity index (χ1n) is 11.5. The Morgan fingerprint density at radius 3 is 2.20 bits per heavy atom. The molecular formula is C23H39NO6. The van der Waals surface area contributed by atoms with Gasteiger partial charge in [-0.1, -0.05) is 54.9 Å². The average molecular weight is 426 g/mol. The second kappa shape index (κ2) is 9.13. The quantitative estimate of drug-likeness (QED) is 0.646. The molecule has 3 heterocycles. The molecule has 0 aromatic rings. The van der Waals surface area contributed by atoms with Crippen LogP contribution in [0.2, 0.25) is 0 Å². The zero-order valence-corrected chi connectivity index (χ0v) is 19.7. The van der Waals surface area contributed by atoms with Crippen LogP contribution in [-0.2, 0) is 23.7 Å². The highest BCUT2D eigenvalue weighted by Crippen LogP contribution is 2.40. The summed E-state index contributed by atoms with van der Waals surface area (Å²) in [5, 5.41) is 0. The maximum atomic E-state index is 12.5. The maximum absolute atomic E-state index is 12.5. The van der Waals surface area contributed by atoms with Gasteiger partial charge < -0.3 is 18.9 Å². The van der Waals surface area contributed by atoms with Crippen LogP contribution in [-0.4, -0.2) is 61.3 Å². The number of carbonyl (C=O) groups excluding carboxylic acids is 2. The Bertz CT molecular complexity index is 641. The number of imide groups is 1. The number of nitrogens with zero attached hydrogens (tertiary/aromatic N) is 1. The van der Waals surface area contributed by atoms with Gasteiger partial charge in [-0.05, 0) is 29.6 Å². The third-order valence-electron chi connectivity index (χ3n) is 8.17. The van der Waals surface area contributed by atoms with E-state index in [1.165, 1.54) is 7.05 Å². The third-order valence-corrected chi connectivity index (χ3v) is 8.17. The minimum Gasteiger partial charge on any atom is -0.433 e. The smallest absolute Gasteiger partial charge is 0.417 e. The van der Waals surface area contributed by atoms with E-state index in [1.54, 1.807) is 0 Å². The van der Waals surface area contributed by atoms with E-state index in [2.05, 4.69) is 48.5 Å². The van der Waals surface area contributed by atoms with Gasteiger partial charge in [-0.15, -0.1) is 0 Å². The molecule has 3 fully saturated rings. The van der Waals surface area contributed by atoms with Gasteiger partial charge in [-0.25, -0.2) is 9.69 Å². The molecule has 7 nitrogen and oxygen atoms in total. The number of likely N-dealkylation sites (N-methyl/N-ethyl adjacent to an activating group) is 1. The summed E-state index contributed by atoms with van der Waals surface area (Å²) in [5.41, 5.74) is 0. The summed E-state index contributed by atoms with van der Waals surface area (Å²) in [4.78, 5) is 25.3. The van der Waals surface area contributed by atoms with Gasteiger partial charge in [0.05, 0.1) is 18.8 Å². The third kappa shape index (κ3) is 4.13. The summed E-state index contributed by atoms with van der Waals surface area (Å²) in [6.07, 6.45) is -1.12. The molecular weight excluding hydrogens is 386 g/mol. The number of hydrogen-bond donors (Lipinski definition) is 0. The normalized spacial score (nSPS) is 45.7. The Balaban J connectivity index is 1.65. The summed E-state index contributed by atoms with van der Waals surface area (Å²) in [6.45, 7) is 15.6. The SMILES string of the molecule is CCC(C)C1OC(OCC2OC(C3OC(=O)N(C)C3=O)C(C)C(C)C2C)C(C)C1C. The summed E-state index contributed by atoms with van der Waals surface area (Å²) in [5.74, 6) is 1.53. The average Bonchev–Trinajstić information content (AvgIpc) is 3.15. The fourth-order valence-corrected chi connectivity index (χ4v) is 5.05. The molecule has 3 rings (SSSR count). The van der Waals surface area contributed by atoms with Crippen LogP contribution in [0.25, 0.3) is 0 Å². The minimum absolute atomic E-state index is 0.0842. The van der Waals surface area contributed by atoms with Crippen LogP contribution < -0.4 is 0 Å². The van der Waals surface area contributed by atoms with Crippen LogP contribution >= 0.6 is 0 Å². The lowest BCUT2D eigenvalue weighted by atomic mass is 9.75. The minimum atomic E-state index is -0.883. The molecule has 3 aliphatic heterocycles. The molecule has 172 valence electrons. The Kier molecular flexibility index (Phi) is 7.15. The Hall–Kier alpha value is -1.18. The number of cyclic esters (lactones) is 1. The van der Waals surface area contributed by atoms with Crippen LogP contribution in [0.1, 0.15) is 54.9 Å². The lowest BCUT2D eigenvalue weighted by Crippen LogP contribution is -2.53. The zero-order chi connectivity index (χ0) is 22.3. The van der Waals surface area contributed by atoms with E-state index in [0.29, 0.717) is 30.3 Å². The molecule has 0 N–H and O–H groups in total. The largest absolute Gasteiger partial charge is 0.433 e. The Morgan fingerprint density at radius 2 is 1.63 bits per heavy atom. The van der Waals surface area contributed by atoms with Crippen molar-refractivity contribution >= 4 is 12.0 Å². The van der Waals surface area contributed by atoms with Crippen molar-refractivity contribution < 1.29 is 28.5 Å². The van der Waals surface area contributed by atoms with E-state index in [0.717, 1.165) is 11.3 Å². The van der Waals surface area contributed by atoms with Crippen LogP contribution in [0, 0.1) is 35.5 Å². The summed E-state index contributed by atoms with van der Waals surface area (Å²) in [7, 11) is 1.44. The molecule has 30 heavy (non-hydrogen) atoms. The van der Waals surface area contributed by atoms with Gasteiger partial charge in [0.25, 0.3) is 5.91 Å². The van der Waals surface area contributed by atoms with Gasteiger partial charge in [0.15, 0.2) is 6.29 Å². The van der Waals surface area contributed by atoms with Crippen molar-refractivity contribution in [2.24, 2.45) is 35.5 Å². The zero-order valence-electron chi connectivity index (χ0n) is 19.7. The van der Waals surface area contributed by atoms with Gasteiger partial charge in [0.2, 0.25) is 6.10 Å². The highest BCUT2D eigenvalue weighted by Gasteiger charge is 2.51. The lowest BCUT2D eigenvalue weighted by molar-refractivity contribution is -0.217. The van der Waals surface area contributed by atoms with Crippen molar-refractivity contribution in [1.82, 2.24) is 4.90 Å². The molecule has 3 saturated heterocycles. The fourth-order valence-electron chi connectivity index (χ4n) is 5.05. The van der Waals surface area contributed by atoms with Crippen LogP contribution in [0.15, 0.2) is 0 Å². The van der Waals surface area contributed by atoms with Crippen molar-refractivity contribution in [3.63, 3.8) is 0 Å². The van der Waals surface area contributed by atoms with E-state index in [1.807, 2.05) is 0 Å². The second-order valence-electron chi connectivity index (χ2n) is 9.82. The van der Waals surface area contributed by atoms with E-state index in [9.17, 15) is 9.59 Å².